The maximum absolute atomic E-state index is 6.08. The molecule has 4 fully saturated rings. The van der Waals surface area contributed by atoms with Gasteiger partial charge in [0, 0.05) is 18.2 Å². The molecule has 3 saturated carbocycles. The third-order valence-electron chi connectivity index (χ3n) is 9.93. The van der Waals surface area contributed by atoms with Crippen molar-refractivity contribution in [2.45, 2.75) is 77.9 Å². The lowest BCUT2D eigenvalue weighted by Gasteiger charge is -2.59. The number of hydrogen-bond donors (Lipinski definition) is 0. The van der Waals surface area contributed by atoms with Crippen LogP contribution in [-0.2, 0) is 9.47 Å². The molecule has 0 aromatic carbocycles. The minimum Gasteiger partial charge on any atom is -0.347 e. The Balaban J connectivity index is 1.42. The Kier molecular flexibility index (Phi) is 4.65. The van der Waals surface area contributed by atoms with Gasteiger partial charge in [-0.3, -0.25) is 0 Å². The first-order valence-corrected chi connectivity index (χ1v) is 12.6. The molecule has 0 radical (unpaired) electrons. The summed E-state index contributed by atoms with van der Waals surface area (Å²) in [6, 6.07) is 0. The lowest BCUT2D eigenvalue weighted by Crippen LogP contribution is -2.52. The van der Waals surface area contributed by atoms with Crippen LogP contribution in [0.25, 0.3) is 0 Å². The number of rotatable bonds is 2. The minimum absolute atomic E-state index is 0.273. The maximum atomic E-state index is 6.08. The van der Waals surface area contributed by atoms with Crippen LogP contribution in [0.1, 0.15) is 72.1 Å². The number of alkyl halides is 1. The Morgan fingerprint density at radius 3 is 2.59 bits per heavy atom. The van der Waals surface area contributed by atoms with Gasteiger partial charge in [-0.1, -0.05) is 48.4 Å². The largest absolute Gasteiger partial charge is 0.347 e. The molecule has 4 aliphatic carbocycles. The van der Waals surface area contributed by atoms with Crippen molar-refractivity contribution >= 4 is 15.9 Å². The number of halogens is 1. The van der Waals surface area contributed by atoms with Gasteiger partial charge in [-0.2, -0.15) is 0 Å². The van der Waals surface area contributed by atoms with Crippen LogP contribution in [0.15, 0.2) is 11.6 Å². The van der Waals surface area contributed by atoms with Gasteiger partial charge in [-0.05, 0) is 78.9 Å². The maximum Gasteiger partial charge on any atom is 0.172 e. The van der Waals surface area contributed by atoms with Crippen molar-refractivity contribution in [2.75, 3.05) is 18.5 Å². The number of ether oxygens (including phenoxy) is 2. The van der Waals surface area contributed by atoms with Gasteiger partial charge in [0.1, 0.15) is 0 Å². The highest BCUT2D eigenvalue weighted by atomic mass is 79.9. The Morgan fingerprint density at radius 2 is 1.85 bits per heavy atom. The molecule has 5 rings (SSSR count). The fourth-order valence-electron chi connectivity index (χ4n) is 8.43. The first-order valence-electron chi connectivity index (χ1n) is 11.5. The zero-order valence-corrected chi connectivity index (χ0v) is 19.0. The molecular weight excluding hydrogens is 400 g/mol. The average molecular weight is 437 g/mol. The standard InChI is InChI=1S/C24H37BrO2/c1-16(15-25)19-6-7-20-18-5-4-17-14-24(26-12-13-27-24)11-10-22(17,2)21(18)8-9-23(19,20)3/h4,16,18-21H,5-15H2,1-3H3/t16?,18-,19+,20-,21-,22-,23+/m0/s1. The molecule has 5 aliphatic rings. The van der Waals surface area contributed by atoms with Gasteiger partial charge in [0.2, 0.25) is 0 Å². The fourth-order valence-corrected chi connectivity index (χ4v) is 8.88. The summed E-state index contributed by atoms with van der Waals surface area (Å²) in [7, 11) is 0. The normalized spacial score (nSPS) is 49.3. The SMILES string of the molecule is CC(CBr)[C@H]1CC[C@H]2[C@@H]3CC=C4CC5(CC[C@]4(C)[C@H]3CC[C@]12C)OCCO5. The van der Waals surface area contributed by atoms with E-state index >= 15 is 0 Å². The molecule has 1 saturated heterocycles. The molecule has 0 bridgehead atoms. The summed E-state index contributed by atoms with van der Waals surface area (Å²) in [5.41, 5.74) is 2.64. The van der Waals surface area contributed by atoms with Crippen LogP contribution in [0.4, 0.5) is 0 Å². The van der Waals surface area contributed by atoms with Crippen LogP contribution in [-0.4, -0.2) is 24.3 Å². The monoisotopic (exact) mass is 436 g/mol. The highest BCUT2D eigenvalue weighted by Crippen LogP contribution is 2.67. The van der Waals surface area contributed by atoms with Crippen LogP contribution in [0.2, 0.25) is 0 Å². The summed E-state index contributed by atoms with van der Waals surface area (Å²) < 4.78 is 12.2. The first kappa shape index (κ1) is 19.1. The van der Waals surface area contributed by atoms with E-state index in [9.17, 15) is 0 Å². The van der Waals surface area contributed by atoms with Gasteiger partial charge in [-0.25, -0.2) is 0 Å². The summed E-state index contributed by atoms with van der Waals surface area (Å²) in [5.74, 6) is 4.18. The molecule has 1 heterocycles. The molecule has 7 atom stereocenters. The molecule has 1 unspecified atom stereocenters. The number of allylic oxidation sites excluding steroid dienone is 1. The molecule has 1 aliphatic heterocycles. The summed E-state index contributed by atoms with van der Waals surface area (Å²) in [6.45, 7) is 9.28. The Morgan fingerprint density at radius 1 is 1.07 bits per heavy atom. The second kappa shape index (κ2) is 6.57. The van der Waals surface area contributed by atoms with Crippen LogP contribution >= 0.6 is 15.9 Å². The molecule has 27 heavy (non-hydrogen) atoms. The van der Waals surface area contributed by atoms with Crippen molar-refractivity contribution in [3.8, 4) is 0 Å². The number of hydrogen-bond acceptors (Lipinski definition) is 2. The summed E-state index contributed by atoms with van der Waals surface area (Å²) in [5, 5.41) is 1.16. The predicted octanol–water partition coefficient (Wildman–Crippen LogP) is 6.34. The van der Waals surface area contributed by atoms with Crippen molar-refractivity contribution in [3.05, 3.63) is 11.6 Å². The molecule has 0 amide bonds. The third-order valence-corrected chi connectivity index (χ3v) is 10.9. The molecule has 1 spiro atoms. The van der Waals surface area contributed by atoms with Gasteiger partial charge in [0.15, 0.2) is 5.79 Å². The van der Waals surface area contributed by atoms with Crippen molar-refractivity contribution in [1.82, 2.24) is 0 Å². The van der Waals surface area contributed by atoms with Crippen molar-refractivity contribution in [1.29, 1.82) is 0 Å². The van der Waals surface area contributed by atoms with Crippen LogP contribution in [0, 0.1) is 40.4 Å². The molecule has 0 N–H and O–H groups in total. The quantitative estimate of drug-likeness (QED) is 0.371. The minimum atomic E-state index is -0.273. The van der Waals surface area contributed by atoms with Crippen molar-refractivity contribution in [3.63, 3.8) is 0 Å². The van der Waals surface area contributed by atoms with Crippen molar-refractivity contribution < 1.29 is 9.47 Å². The zero-order chi connectivity index (χ0) is 18.9. The number of fused-ring (bicyclic) bond motifs is 5. The van der Waals surface area contributed by atoms with E-state index in [2.05, 4.69) is 42.8 Å². The predicted molar refractivity (Wildman–Crippen MR) is 113 cm³/mol. The van der Waals surface area contributed by atoms with E-state index in [0.717, 1.165) is 61.0 Å². The third kappa shape index (κ3) is 2.70. The highest BCUT2D eigenvalue weighted by Gasteiger charge is 2.60. The average Bonchev–Trinajstić information content (AvgIpc) is 3.26. The van der Waals surface area contributed by atoms with Gasteiger partial charge in [0.05, 0.1) is 13.2 Å². The van der Waals surface area contributed by atoms with Crippen molar-refractivity contribution in [2.24, 2.45) is 40.4 Å². The van der Waals surface area contributed by atoms with Gasteiger partial charge in [0.25, 0.3) is 0 Å². The lowest BCUT2D eigenvalue weighted by molar-refractivity contribution is -0.185. The Bertz CT molecular complexity index is 624. The molecule has 0 aromatic rings. The fraction of sp³-hybridized carbons (Fsp3) is 0.917. The Labute approximate surface area is 174 Å². The topological polar surface area (TPSA) is 18.5 Å². The molecule has 152 valence electrons. The molecular formula is C24H37BrO2. The molecule has 0 aromatic heterocycles. The summed E-state index contributed by atoms with van der Waals surface area (Å²) in [6.07, 6.45) is 13.1. The van der Waals surface area contributed by atoms with Gasteiger partial charge < -0.3 is 9.47 Å². The second-order valence-corrected chi connectivity index (χ2v) is 11.6. The van der Waals surface area contributed by atoms with Gasteiger partial charge >= 0.3 is 0 Å². The van der Waals surface area contributed by atoms with E-state index < -0.39 is 0 Å². The van der Waals surface area contributed by atoms with Crippen LogP contribution in [0.5, 0.6) is 0 Å². The van der Waals surface area contributed by atoms with E-state index in [4.69, 9.17) is 9.47 Å². The van der Waals surface area contributed by atoms with E-state index in [1.807, 2.05) is 0 Å². The first-order chi connectivity index (χ1) is 12.9. The highest BCUT2D eigenvalue weighted by molar-refractivity contribution is 9.09. The molecule has 3 heteroatoms. The smallest absolute Gasteiger partial charge is 0.172 e. The van der Waals surface area contributed by atoms with Crippen LogP contribution < -0.4 is 0 Å². The van der Waals surface area contributed by atoms with E-state index in [1.54, 1.807) is 5.57 Å². The summed E-state index contributed by atoms with van der Waals surface area (Å²) >= 11 is 3.78. The van der Waals surface area contributed by atoms with Gasteiger partial charge in [-0.15, -0.1) is 0 Å². The van der Waals surface area contributed by atoms with E-state index in [1.165, 1.54) is 38.5 Å². The van der Waals surface area contributed by atoms with E-state index in [-0.39, 0.29) is 5.79 Å². The zero-order valence-electron chi connectivity index (χ0n) is 17.4. The molecule has 2 nitrogen and oxygen atoms in total. The second-order valence-electron chi connectivity index (χ2n) is 10.9. The van der Waals surface area contributed by atoms with Crippen LogP contribution in [0.3, 0.4) is 0 Å². The summed E-state index contributed by atoms with van der Waals surface area (Å²) in [4.78, 5) is 0. The lowest BCUT2D eigenvalue weighted by atomic mass is 9.47. The Hall–Kier alpha value is 0.140. The van der Waals surface area contributed by atoms with E-state index in [0.29, 0.717) is 10.8 Å².